The van der Waals surface area contributed by atoms with Crippen LogP contribution < -0.4 is 25.2 Å². The molecule has 2 fully saturated rings. The molecule has 2 aliphatic heterocycles. The van der Waals surface area contributed by atoms with Crippen LogP contribution in [0.2, 0.25) is 5.02 Å². The summed E-state index contributed by atoms with van der Waals surface area (Å²) in [5, 5.41) is 25.8. The Hall–Kier alpha value is -5.05. The number of ether oxygens (including phenoxy) is 3. The van der Waals surface area contributed by atoms with Crippen molar-refractivity contribution < 1.29 is 24.4 Å². The molecule has 4 heterocycles. The Morgan fingerprint density at radius 3 is 2.33 bits per heavy atom. The molecule has 0 bridgehead atoms. The first-order valence-electron chi connectivity index (χ1n) is 18.7. The molecule has 0 radical (unpaired) electrons. The second kappa shape index (κ2) is 20.6. The Morgan fingerprint density at radius 1 is 0.855 bits per heavy atom. The average molecular weight is 769 g/mol. The van der Waals surface area contributed by atoms with Crippen molar-refractivity contribution >= 4 is 40.8 Å². The lowest BCUT2D eigenvalue weighted by Gasteiger charge is -2.32. The second-order valence-electron chi connectivity index (χ2n) is 13.2. The highest BCUT2D eigenvalue weighted by Gasteiger charge is 2.22. The zero-order chi connectivity index (χ0) is 38.2. The number of aliphatic hydroxyl groups is 2. The summed E-state index contributed by atoms with van der Waals surface area (Å²) in [5.74, 6) is 3.91. The van der Waals surface area contributed by atoms with Crippen LogP contribution in [-0.4, -0.2) is 102 Å². The molecule has 5 aromatic rings. The van der Waals surface area contributed by atoms with E-state index < -0.39 is 0 Å². The van der Waals surface area contributed by atoms with Crippen LogP contribution in [0.5, 0.6) is 11.5 Å². The Bertz CT molecular complexity index is 1890. The Morgan fingerprint density at radius 2 is 1.60 bits per heavy atom. The van der Waals surface area contributed by atoms with E-state index in [1.165, 1.54) is 11.1 Å². The van der Waals surface area contributed by atoms with E-state index in [9.17, 15) is 5.11 Å². The molecular weight excluding hydrogens is 720 g/mol. The minimum absolute atomic E-state index is 0.000383. The molecule has 0 amide bonds. The van der Waals surface area contributed by atoms with Crippen molar-refractivity contribution in [3.05, 3.63) is 113 Å². The summed E-state index contributed by atoms with van der Waals surface area (Å²) >= 11 is 5.92. The van der Waals surface area contributed by atoms with E-state index in [-0.39, 0.29) is 12.7 Å². The minimum Gasteiger partial charge on any atom is -0.452 e. The molecule has 0 unspecified atom stereocenters. The first-order chi connectivity index (χ1) is 26.9. The number of hydrogen-bond acceptors (Lipinski definition) is 13. The lowest BCUT2D eigenvalue weighted by Crippen LogP contribution is -2.37. The maximum absolute atomic E-state index is 9.88. The van der Waals surface area contributed by atoms with Gasteiger partial charge in [0.05, 0.1) is 45.3 Å². The van der Waals surface area contributed by atoms with Gasteiger partial charge in [-0.1, -0.05) is 59.6 Å². The Balaban J connectivity index is 0.000000187. The van der Waals surface area contributed by atoms with Crippen molar-refractivity contribution in [2.45, 2.75) is 32.3 Å². The highest BCUT2D eigenvalue weighted by atomic mass is 35.5. The summed E-state index contributed by atoms with van der Waals surface area (Å²) in [6, 6.07) is 25.6. The number of para-hydroxylation sites is 1. The molecule has 290 valence electrons. The molecule has 0 saturated carbocycles. The van der Waals surface area contributed by atoms with Crippen molar-refractivity contribution in [3.8, 4) is 11.5 Å². The Kier molecular flexibility index (Phi) is 14.8. The van der Waals surface area contributed by atoms with Gasteiger partial charge in [0.25, 0.3) is 0 Å². The predicted octanol–water partition coefficient (Wildman–Crippen LogP) is 6.26. The topological polar surface area (TPSA) is 150 Å². The molecule has 7 rings (SSSR count). The monoisotopic (exact) mass is 768 g/mol. The van der Waals surface area contributed by atoms with Gasteiger partial charge in [-0.25, -0.2) is 9.97 Å². The number of benzene rings is 3. The molecule has 55 heavy (non-hydrogen) atoms. The van der Waals surface area contributed by atoms with E-state index in [0.29, 0.717) is 67.2 Å². The van der Waals surface area contributed by atoms with Gasteiger partial charge in [-0.15, -0.1) is 0 Å². The van der Waals surface area contributed by atoms with Crippen molar-refractivity contribution in [2.75, 3.05) is 86.2 Å². The first kappa shape index (κ1) is 39.6. The fraction of sp³-hybridized carbons (Fsp3) is 0.366. The number of piperidine rings is 1. The molecular formula is C41H49ClN8O5. The van der Waals surface area contributed by atoms with Crippen LogP contribution in [0.15, 0.2) is 91.3 Å². The number of anilines is 5. The normalized spacial score (nSPS) is 14.5. The smallest absolute Gasteiger partial charge is 0.229 e. The SMILES string of the molecule is Cc1ccc(Cc2cnc(Nc3ccccc3)nc2N2CCC(O)CC2)cc1.OCCOCCNc1nc(N2CCOCC2)ncc1Oc1ccc(Cl)cc1. The number of nitrogens with one attached hydrogen (secondary N) is 2. The fourth-order valence-electron chi connectivity index (χ4n) is 6.03. The average Bonchev–Trinajstić information content (AvgIpc) is 3.22. The lowest BCUT2D eigenvalue weighted by atomic mass is 10.0. The van der Waals surface area contributed by atoms with Gasteiger partial charge < -0.3 is 44.9 Å². The maximum Gasteiger partial charge on any atom is 0.229 e. The summed E-state index contributed by atoms with van der Waals surface area (Å²) in [6.45, 7) is 7.79. The van der Waals surface area contributed by atoms with Crippen molar-refractivity contribution in [3.63, 3.8) is 0 Å². The molecule has 2 saturated heterocycles. The summed E-state index contributed by atoms with van der Waals surface area (Å²) in [4.78, 5) is 22.8. The third-order valence-corrected chi connectivity index (χ3v) is 9.26. The number of morpholine rings is 1. The second-order valence-corrected chi connectivity index (χ2v) is 13.7. The number of hydrogen-bond donors (Lipinski definition) is 4. The van der Waals surface area contributed by atoms with Gasteiger partial charge in [-0.05, 0) is 61.7 Å². The molecule has 0 aliphatic carbocycles. The highest BCUT2D eigenvalue weighted by molar-refractivity contribution is 6.30. The van der Waals surface area contributed by atoms with Crippen molar-refractivity contribution in [2.24, 2.45) is 0 Å². The largest absolute Gasteiger partial charge is 0.452 e. The van der Waals surface area contributed by atoms with E-state index in [4.69, 9.17) is 35.9 Å². The fourth-order valence-corrected chi connectivity index (χ4v) is 6.15. The molecule has 0 atom stereocenters. The minimum atomic E-state index is -0.208. The highest BCUT2D eigenvalue weighted by Crippen LogP contribution is 2.30. The van der Waals surface area contributed by atoms with E-state index in [2.05, 4.69) is 66.6 Å². The molecule has 0 spiro atoms. The number of halogens is 1. The molecule has 2 aromatic heterocycles. The van der Waals surface area contributed by atoms with Crippen LogP contribution in [-0.2, 0) is 15.9 Å². The van der Waals surface area contributed by atoms with Gasteiger partial charge in [0.1, 0.15) is 11.6 Å². The van der Waals surface area contributed by atoms with Crippen LogP contribution in [0.3, 0.4) is 0 Å². The summed E-state index contributed by atoms with van der Waals surface area (Å²) in [6.07, 6.45) is 5.72. The van der Waals surface area contributed by atoms with Gasteiger partial charge >= 0.3 is 0 Å². The van der Waals surface area contributed by atoms with Crippen LogP contribution in [0.1, 0.15) is 29.5 Å². The van der Waals surface area contributed by atoms with E-state index in [1.807, 2.05) is 36.5 Å². The van der Waals surface area contributed by atoms with E-state index in [0.717, 1.165) is 62.5 Å². The van der Waals surface area contributed by atoms with Gasteiger partial charge in [0.15, 0.2) is 11.6 Å². The van der Waals surface area contributed by atoms with Crippen LogP contribution in [0.25, 0.3) is 0 Å². The molecule has 14 heteroatoms. The molecule has 3 aromatic carbocycles. The van der Waals surface area contributed by atoms with E-state index >= 15 is 0 Å². The molecule has 13 nitrogen and oxygen atoms in total. The summed E-state index contributed by atoms with van der Waals surface area (Å²) in [7, 11) is 0. The number of rotatable bonds is 14. The molecule has 2 aliphatic rings. The van der Waals surface area contributed by atoms with E-state index in [1.54, 1.807) is 30.5 Å². The number of aliphatic hydroxyl groups excluding tert-OH is 2. The van der Waals surface area contributed by atoms with Gasteiger partial charge in [-0.3, -0.25) is 0 Å². The predicted molar refractivity (Wildman–Crippen MR) is 216 cm³/mol. The third-order valence-electron chi connectivity index (χ3n) is 9.00. The summed E-state index contributed by atoms with van der Waals surface area (Å²) < 4.78 is 16.6. The first-order valence-corrected chi connectivity index (χ1v) is 19.0. The standard InChI is InChI=1S/C23H26N4O.C18H23ClN4O4/c1-17-7-9-18(10-8-17)15-19-16-24-23(25-20-5-3-2-4-6-20)26-22(19)27-13-11-21(28)12-14-27;19-14-1-3-15(4-2-14)27-16-13-21-18(23-6-10-26-11-7-23)22-17(16)20-5-9-25-12-8-24/h2-10,16,21,28H,11-15H2,1H3,(H,24,25,26);1-4,13,24H,5-12H2,(H,20,21,22). The Labute approximate surface area is 327 Å². The maximum atomic E-state index is 9.88. The zero-order valence-electron chi connectivity index (χ0n) is 31.1. The quantitative estimate of drug-likeness (QED) is 0.0943. The third kappa shape index (κ3) is 12.2. The van der Waals surface area contributed by atoms with Crippen molar-refractivity contribution in [1.82, 2.24) is 19.9 Å². The van der Waals surface area contributed by atoms with Gasteiger partial charge in [0, 0.05) is 61.6 Å². The molecule has 4 N–H and O–H groups in total. The number of aromatic nitrogens is 4. The van der Waals surface area contributed by atoms with Gasteiger partial charge in [-0.2, -0.15) is 9.97 Å². The lowest BCUT2D eigenvalue weighted by molar-refractivity contribution is 0.0991. The summed E-state index contributed by atoms with van der Waals surface area (Å²) in [5.41, 5.74) is 4.58. The van der Waals surface area contributed by atoms with Crippen LogP contribution in [0.4, 0.5) is 29.2 Å². The number of nitrogens with zero attached hydrogens (tertiary/aromatic N) is 6. The van der Waals surface area contributed by atoms with Crippen molar-refractivity contribution in [1.29, 1.82) is 0 Å². The van der Waals surface area contributed by atoms with Crippen LogP contribution >= 0.6 is 11.6 Å². The van der Waals surface area contributed by atoms with Crippen LogP contribution in [0, 0.1) is 6.92 Å². The zero-order valence-corrected chi connectivity index (χ0v) is 31.9. The van der Waals surface area contributed by atoms with Gasteiger partial charge in [0.2, 0.25) is 11.9 Å². The number of aryl methyl sites for hydroxylation is 1.